The van der Waals surface area contributed by atoms with E-state index in [0.29, 0.717) is 16.5 Å². The molecule has 0 aromatic carbocycles. The van der Waals surface area contributed by atoms with Gasteiger partial charge < -0.3 is 5.32 Å². The molecule has 16 heavy (non-hydrogen) atoms. The molecule has 0 aliphatic carbocycles. The van der Waals surface area contributed by atoms with Crippen molar-refractivity contribution < 1.29 is 4.79 Å². The van der Waals surface area contributed by atoms with E-state index in [1.54, 1.807) is 17.5 Å². The number of anilines is 1. The molecule has 82 valence electrons. The van der Waals surface area contributed by atoms with Gasteiger partial charge in [0.05, 0.1) is 5.01 Å². The van der Waals surface area contributed by atoms with Crippen LogP contribution in [0.25, 0.3) is 0 Å². The van der Waals surface area contributed by atoms with Crippen LogP contribution < -0.4 is 5.32 Å². The Balaban J connectivity index is 2.13. The lowest BCUT2D eigenvalue weighted by atomic mass is 10.3. The van der Waals surface area contributed by atoms with Crippen molar-refractivity contribution in [2.75, 3.05) is 5.32 Å². The molecule has 2 aromatic heterocycles. The standard InChI is InChI=1S/C10H8ClN3OS/c1-6-13-8(5-16-6)10(15)14-7-2-3-12-9(11)4-7/h2-5H,1H3,(H,12,14,15). The SMILES string of the molecule is Cc1nc(C(=O)Nc2ccnc(Cl)c2)cs1. The first-order valence-corrected chi connectivity index (χ1v) is 5.76. The number of pyridine rings is 1. The summed E-state index contributed by atoms with van der Waals surface area (Å²) in [7, 11) is 0. The minimum Gasteiger partial charge on any atom is -0.320 e. The maximum absolute atomic E-state index is 11.7. The monoisotopic (exact) mass is 253 g/mol. The third-order valence-corrected chi connectivity index (χ3v) is 2.82. The van der Waals surface area contributed by atoms with Gasteiger partial charge in [0.1, 0.15) is 10.8 Å². The van der Waals surface area contributed by atoms with Crippen molar-refractivity contribution in [3.63, 3.8) is 0 Å². The lowest BCUT2D eigenvalue weighted by Gasteiger charge is -2.02. The Hall–Kier alpha value is -1.46. The molecule has 4 nitrogen and oxygen atoms in total. The van der Waals surface area contributed by atoms with Crippen LogP contribution in [0.15, 0.2) is 23.7 Å². The highest BCUT2D eigenvalue weighted by Crippen LogP contribution is 2.14. The number of nitrogens with one attached hydrogen (secondary N) is 1. The molecular formula is C10H8ClN3OS. The highest BCUT2D eigenvalue weighted by molar-refractivity contribution is 7.09. The number of thiazole rings is 1. The fraction of sp³-hybridized carbons (Fsp3) is 0.100. The summed E-state index contributed by atoms with van der Waals surface area (Å²) < 4.78 is 0. The third-order valence-electron chi connectivity index (χ3n) is 1.84. The zero-order valence-corrected chi connectivity index (χ0v) is 9.97. The normalized spacial score (nSPS) is 10.1. The van der Waals surface area contributed by atoms with Crippen LogP contribution in [0.1, 0.15) is 15.5 Å². The first-order valence-electron chi connectivity index (χ1n) is 4.50. The van der Waals surface area contributed by atoms with Gasteiger partial charge in [-0.2, -0.15) is 0 Å². The summed E-state index contributed by atoms with van der Waals surface area (Å²) in [4.78, 5) is 19.6. The van der Waals surface area contributed by atoms with Crippen molar-refractivity contribution in [2.24, 2.45) is 0 Å². The molecule has 2 aromatic rings. The molecule has 0 saturated heterocycles. The Morgan fingerprint density at radius 2 is 2.38 bits per heavy atom. The summed E-state index contributed by atoms with van der Waals surface area (Å²) in [5, 5.41) is 5.61. The highest BCUT2D eigenvalue weighted by Gasteiger charge is 2.09. The van der Waals surface area contributed by atoms with Crippen molar-refractivity contribution >= 4 is 34.5 Å². The van der Waals surface area contributed by atoms with E-state index in [1.165, 1.54) is 17.5 Å². The molecule has 0 bridgehead atoms. The molecule has 0 aliphatic heterocycles. The number of aryl methyl sites for hydroxylation is 1. The van der Waals surface area contributed by atoms with E-state index in [-0.39, 0.29) is 5.91 Å². The maximum atomic E-state index is 11.7. The first-order chi connectivity index (χ1) is 7.65. The van der Waals surface area contributed by atoms with Crippen LogP contribution in [-0.4, -0.2) is 15.9 Å². The molecule has 1 amide bonds. The van der Waals surface area contributed by atoms with Crippen LogP contribution in [0.4, 0.5) is 5.69 Å². The van der Waals surface area contributed by atoms with E-state index in [2.05, 4.69) is 15.3 Å². The van der Waals surface area contributed by atoms with Gasteiger partial charge in [0.25, 0.3) is 5.91 Å². The second-order valence-corrected chi connectivity index (χ2v) is 4.52. The average molecular weight is 254 g/mol. The Morgan fingerprint density at radius 1 is 1.56 bits per heavy atom. The molecule has 6 heteroatoms. The fourth-order valence-electron chi connectivity index (χ4n) is 1.14. The zero-order valence-electron chi connectivity index (χ0n) is 8.40. The lowest BCUT2D eigenvalue weighted by Crippen LogP contribution is -2.12. The number of carbonyl (C=O) groups is 1. The molecule has 0 unspecified atom stereocenters. The fourth-order valence-corrected chi connectivity index (χ4v) is 1.91. The number of aromatic nitrogens is 2. The van der Waals surface area contributed by atoms with Crippen molar-refractivity contribution in [2.45, 2.75) is 6.92 Å². The van der Waals surface area contributed by atoms with E-state index in [1.807, 2.05) is 6.92 Å². The quantitative estimate of drug-likeness (QED) is 0.838. The molecular weight excluding hydrogens is 246 g/mol. The topological polar surface area (TPSA) is 54.9 Å². The summed E-state index contributed by atoms with van der Waals surface area (Å²) in [5.74, 6) is -0.244. The van der Waals surface area contributed by atoms with Gasteiger partial charge in [0.15, 0.2) is 0 Å². The number of amides is 1. The zero-order chi connectivity index (χ0) is 11.5. The largest absolute Gasteiger partial charge is 0.320 e. The highest BCUT2D eigenvalue weighted by atomic mass is 35.5. The average Bonchev–Trinajstić information content (AvgIpc) is 2.65. The van der Waals surface area contributed by atoms with Gasteiger partial charge in [-0.3, -0.25) is 4.79 Å². The van der Waals surface area contributed by atoms with Gasteiger partial charge in [-0.15, -0.1) is 11.3 Å². The van der Waals surface area contributed by atoms with Gasteiger partial charge >= 0.3 is 0 Å². The van der Waals surface area contributed by atoms with Gasteiger partial charge in [0.2, 0.25) is 0 Å². The number of rotatable bonds is 2. The van der Waals surface area contributed by atoms with Crippen LogP contribution in [-0.2, 0) is 0 Å². The van der Waals surface area contributed by atoms with E-state index in [4.69, 9.17) is 11.6 Å². The van der Waals surface area contributed by atoms with Crippen molar-refractivity contribution in [3.05, 3.63) is 39.6 Å². The second kappa shape index (κ2) is 4.59. The Bertz CT molecular complexity index is 526. The summed E-state index contributed by atoms with van der Waals surface area (Å²) in [5.41, 5.74) is 1.02. The Labute approximate surface area is 101 Å². The maximum Gasteiger partial charge on any atom is 0.275 e. The van der Waals surface area contributed by atoms with Gasteiger partial charge in [-0.05, 0) is 19.1 Å². The molecule has 0 fully saturated rings. The summed E-state index contributed by atoms with van der Waals surface area (Å²) in [6, 6.07) is 3.25. The second-order valence-electron chi connectivity index (χ2n) is 3.07. The number of carbonyl (C=O) groups excluding carboxylic acids is 1. The van der Waals surface area contributed by atoms with E-state index >= 15 is 0 Å². The predicted octanol–water partition coefficient (Wildman–Crippen LogP) is 2.75. The summed E-state index contributed by atoms with van der Waals surface area (Å²) in [6.07, 6.45) is 1.53. The molecule has 0 spiro atoms. The minimum absolute atomic E-state index is 0.244. The van der Waals surface area contributed by atoms with Crippen LogP contribution >= 0.6 is 22.9 Å². The lowest BCUT2D eigenvalue weighted by molar-refractivity contribution is 0.102. The molecule has 0 atom stereocenters. The summed E-state index contributed by atoms with van der Waals surface area (Å²) >= 11 is 7.14. The molecule has 2 heterocycles. The Kier molecular flexibility index (Phi) is 3.17. The van der Waals surface area contributed by atoms with Crippen molar-refractivity contribution in [1.29, 1.82) is 0 Å². The molecule has 1 N–H and O–H groups in total. The number of nitrogens with zero attached hydrogens (tertiary/aromatic N) is 2. The van der Waals surface area contributed by atoms with Crippen molar-refractivity contribution in [3.8, 4) is 0 Å². The third kappa shape index (κ3) is 2.56. The molecule has 0 radical (unpaired) electrons. The first kappa shape index (κ1) is 11.0. The smallest absolute Gasteiger partial charge is 0.275 e. The van der Waals surface area contributed by atoms with E-state index in [9.17, 15) is 4.79 Å². The Morgan fingerprint density at radius 3 is 3.00 bits per heavy atom. The number of hydrogen-bond acceptors (Lipinski definition) is 4. The van der Waals surface area contributed by atoms with Crippen LogP contribution in [0, 0.1) is 6.92 Å². The van der Waals surface area contributed by atoms with Crippen LogP contribution in [0.3, 0.4) is 0 Å². The summed E-state index contributed by atoms with van der Waals surface area (Å²) in [6.45, 7) is 1.85. The van der Waals surface area contributed by atoms with Gasteiger partial charge in [-0.1, -0.05) is 11.6 Å². The van der Waals surface area contributed by atoms with E-state index < -0.39 is 0 Å². The van der Waals surface area contributed by atoms with Crippen molar-refractivity contribution in [1.82, 2.24) is 9.97 Å². The number of hydrogen-bond donors (Lipinski definition) is 1. The number of halogens is 1. The molecule has 0 saturated carbocycles. The molecule has 2 rings (SSSR count). The van der Waals surface area contributed by atoms with E-state index in [0.717, 1.165) is 5.01 Å². The minimum atomic E-state index is -0.244. The van der Waals surface area contributed by atoms with Gasteiger partial charge in [-0.25, -0.2) is 9.97 Å². The van der Waals surface area contributed by atoms with Gasteiger partial charge in [0, 0.05) is 17.3 Å². The molecule has 0 aliphatic rings. The van der Waals surface area contributed by atoms with Crippen LogP contribution in [0.5, 0.6) is 0 Å². The van der Waals surface area contributed by atoms with Crippen LogP contribution in [0.2, 0.25) is 5.15 Å². The predicted molar refractivity (Wildman–Crippen MR) is 64.1 cm³/mol.